The van der Waals surface area contributed by atoms with Crippen LogP contribution in [0.3, 0.4) is 0 Å². The van der Waals surface area contributed by atoms with Crippen molar-refractivity contribution in [1.29, 1.82) is 0 Å². The highest BCUT2D eigenvalue weighted by molar-refractivity contribution is 6.31. The standard InChI is InChI=1S/C22H19ClF2N4O2.C22H21ClN4O2.C20H21ClN6O2/c1-13-18(31-19-8-7-14(23)10-26-19)6-3-9-29(13)22(30)16-4-2-5-17(25)20(16)21-27-11-15(24)12-28-21;1-15-19(29-20-10-9-16(23)14-26-20)8-4-13-27(15)22(28)18-7-3-2-6-17(18)21-24-11-5-12-25-21;1-13-5-7-16(19(25-13)27-23-9-10-24-27)20(28)26-11-3-4-17(14(26)2)29-18-8-6-15(21)12-22-18/h2,4-5,7-8,10-13,18H,3,6,9H2,1H3;2-3,5-7,9-12,14-15,19H,4,8,13H2,1H3;5-10,12,14,17H,3-4,11H2,1-2H3/t13-,18+;15-,19+;14-,17+/m000/s1. The molecule has 3 amide bonds. The van der Waals surface area contributed by atoms with Crippen molar-refractivity contribution in [3.05, 3.63) is 202 Å². The average Bonchev–Trinajstić information content (AvgIpc) is 2.37. The predicted molar refractivity (Wildman–Crippen MR) is 329 cm³/mol. The number of aryl methyl sites for hydroxylation is 1. The number of likely N-dealkylation sites (tertiary alicyclic amines) is 3. The molecule has 0 N–H and O–H groups in total. The van der Waals surface area contributed by atoms with Crippen molar-refractivity contribution in [3.63, 3.8) is 0 Å². The molecule has 7 aromatic heterocycles. The van der Waals surface area contributed by atoms with Gasteiger partial charge in [0, 0.05) is 80.1 Å². The first-order valence-electron chi connectivity index (χ1n) is 28.8. The number of benzene rings is 2. The Bertz CT molecular complexity index is 3850. The summed E-state index contributed by atoms with van der Waals surface area (Å²) in [6.45, 7) is 9.57. The van der Waals surface area contributed by atoms with E-state index in [1.807, 2.05) is 67.8 Å². The second-order valence-electron chi connectivity index (χ2n) is 21.2. The van der Waals surface area contributed by atoms with E-state index in [0.29, 0.717) is 81.5 Å². The Labute approximate surface area is 527 Å². The molecule has 6 atom stereocenters. The maximum atomic E-state index is 14.7. The Morgan fingerprint density at radius 1 is 0.483 bits per heavy atom. The zero-order chi connectivity index (χ0) is 62.6. The summed E-state index contributed by atoms with van der Waals surface area (Å²) in [7, 11) is 0. The summed E-state index contributed by atoms with van der Waals surface area (Å²) in [5, 5.41) is 9.90. The van der Waals surface area contributed by atoms with E-state index >= 15 is 0 Å². The van der Waals surface area contributed by atoms with Gasteiger partial charge in [0.1, 0.15) is 24.1 Å². The van der Waals surface area contributed by atoms with Crippen LogP contribution in [0.15, 0.2) is 153 Å². The van der Waals surface area contributed by atoms with Gasteiger partial charge < -0.3 is 28.9 Å². The van der Waals surface area contributed by atoms with E-state index in [2.05, 4.69) is 50.1 Å². The molecule has 3 fully saturated rings. The van der Waals surface area contributed by atoms with Crippen LogP contribution in [0.5, 0.6) is 17.6 Å². The van der Waals surface area contributed by atoms with E-state index in [1.54, 1.807) is 90.6 Å². The molecule has 458 valence electrons. The topological polar surface area (TPSA) is 222 Å². The van der Waals surface area contributed by atoms with Gasteiger partial charge in [0.05, 0.1) is 80.2 Å². The largest absolute Gasteiger partial charge is 0.472 e. The van der Waals surface area contributed by atoms with Gasteiger partial charge >= 0.3 is 0 Å². The fourth-order valence-corrected chi connectivity index (χ4v) is 11.1. The Morgan fingerprint density at radius 2 is 0.944 bits per heavy atom. The van der Waals surface area contributed by atoms with Gasteiger partial charge in [-0.15, -0.1) is 4.80 Å². The van der Waals surface area contributed by atoms with Crippen LogP contribution in [0.2, 0.25) is 15.1 Å². The number of aromatic nitrogens is 11. The normalized spacial score (nSPS) is 19.0. The Morgan fingerprint density at radius 3 is 1.43 bits per heavy atom. The summed E-state index contributed by atoms with van der Waals surface area (Å²) >= 11 is 17.7. The van der Waals surface area contributed by atoms with Crippen LogP contribution in [-0.2, 0) is 0 Å². The minimum absolute atomic E-state index is 0.0436. The Hall–Kier alpha value is -9.12. The molecule has 3 saturated heterocycles. The number of pyridine rings is 4. The number of carbonyl (C=O) groups is 3. The first-order chi connectivity index (χ1) is 43.1. The number of hydrogen-bond acceptors (Lipinski definition) is 16. The van der Waals surface area contributed by atoms with E-state index < -0.39 is 11.6 Å². The molecule has 0 aliphatic carbocycles. The lowest BCUT2D eigenvalue weighted by atomic mass is 9.97. The third-order valence-electron chi connectivity index (χ3n) is 15.4. The van der Waals surface area contributed by atoms with Gasteiger partial charge in [0.15, 0.2) is 23.3 Å². The highest BCUT2D eigenvalue weighted by Crippen LogP contribution is 2.32. The quantitative estimate of drug-likeness (QED) is 0.111. The van der Waals surface area contributed by atoms with E-state index in [4.69, 9.17) is 49.0 Å². The molecule has 0 unspecified atom stereocenters. The minimum atomic E-state index is -0.653. The van der Waals surface area contributed by atoms with Crippen molar-refractivity contribution in [1.82, 2.24) is 69.6 Å². The SMILES string of the molecule is C[C@H]1[C@H](Oc2ccc(Cl)cn2)CCCN1C(=O)c1cccc(F)c1-c1ncc(F)cn1.C[C@H]1[C@H](Oc2ccc(Cl)cn2)CCCN1C(=O)c1ccccc1-c1ncccn1.Cc1ccc(C(=O)N2CCC[C@@H](Oc3ccc(Cl)cn3)[C@@H]2C)c(-n2nccn2)n1. The molecule has 0 saturated carbocycles. The molecule has 89 heavy (non-hydrogen) atoms. The van der Waals surface area contributed by atoms with E-state index in [9.17, 15) is 23.2 Å². The Balaban J connectivity index is 0.000000147. The van der Waals surface area contributed by atoms with Gasteiger partial charge in [-0.05, 0) is 121 Å². The highest BCUT2D eigenvalue weighted by Gasteiger charge is 2.38. The molecule has 25 heteroatoms. The van der Waals surface area contributed by atoms with Crippen LogP contribution in [0.4, 0.5) is 8.78 Å². The summed E-state index contributed by atoms with van der Waals surface area (Å²) in [5.74, 6) is 0.521. The second kappa shape index (κ2) is 29.3. The third kappa shape index (κ3) is 15.4. The average molecular weight is 1270 g/mol. The molecule has 3 aliphatic rings. The number of amides is 3. The van der Waals surface area contributed by atoms with Gasteiger partial charge in [-0.3, -0.25) is 14.4 Å². The van der Waals surface area contributed by atoms with E-state index in [-0.39, 0.29) is 71.1 Å². The molecule has 20 nitrogen and oxygen atoms in total. The minimum Gasteiger partial charge on any atom is -0.472 e. The van der Waals surface area contributed by atoms with Crippen LogP contribution in [0, 0.1) is 18.6 Å². The van der Waals surface area contributed by atoms with E-state index in [0.717, 1.165) is 55.8 Å². The van der Waals surface area contributed by atoms with Crippen molar-refractivity contribution >= 4 is 52.5 Å². The fourth-order valence-electron chi connectivity index (χ4n) is 10.7. The Kier molecular flexibility index (Phi) is 20.7. The van der Waals surface area contributed by atoms with Crippen molar-refractivity contribution in [2.24, 2.45) is 0 Å². The van der Waals surface area contributed by atoms with Crippen LogP contribution < -0.4 is 14.2 Å². The number of rotatable bonds is 12. The summed E-state index contributed by atoms with van der Waals surface area (Å²) in [4.78, 5) is 80.3. The number of piperidine rings is 3. The lowest BCUT2D eigenvalue weighted by Gasteiger charge is -2.39. The van der Waals surface area contributed by atoms with Crippen molar-refractivity contribution in [2.75, 3.05) is 19.6 Å². The number of halogens is 5. The lowest BCUT2D eigenvalue weighted by molar-refractivity contribution is 0.0264. The van der Waals surface area contributed by atoms with Gasteiger partial charge in [0.2, 0.25) is 17.6 Å². The van der Waals surface area contributed by atoms with Gasteiger partial charge in [-0.25, -0.2) is 48.7 Å². The zero-order valence-corrected chi connectivity index (χ0v) is 51.1. The maximum absolute atomic E-state index is 14.7. The first-order valence-corrected chi connectivity index (χ1v) is 30.0. The molecule has 2 aromatic carbocycles. The van der Waals surface area contributed by atoms with Crippen molar-refractivity contribution in [3.8, 4) is 46.2 Å². The molecule has 9 aromatic rings. The maximum Gasteiger partial charge on any atom is 0.258 e. The van der Waals surface area contributed by atoms with Gasteiger partial charge in [-0.1, -0.05) is 59.1 Å². The first kappa shape index (κ1) is 62.9. The second-order valence-corrected chi connectivity index (χ2v) is 22.5. The molecule has 0 bridgehead atoms. The molecule has 0 spiro atoms. The van der Waals surface area contributed by atoms with Crippen LogP contribution in [0.1, 0.15) is 96.1 Å². The molecule has 3 aliphatic heterocycles. The molecule has 10 heterocycles. The highest BCUT2D eigenvalue weighted by atomic mass is 35.5. The van der Waals surface area contributed by atoms with Crippen molar-refractivity contribution in [2.45, 2.75) is 103 Å². The molecule has 12 rings (SSSR count). The summed E-state index contributed by atoms with van der Waals surface area (Å²) in [6.07, 6.45) is 17.2. The zero-order valence-electron chi connectivity index (χ0n) is 48.9. The monoisotopic (exact) mass is 1260 g/mol. The van der Waals surface area contributed by atoms with Crippen LogP contribution in [0.25, 0.3) is 28.6 Å². The summed E-state index contributed by atoms with van der Waals surface area (Å²) in [6, 6.07) is 26.8. The summed E-state index contributed by atoms with van der Waals surface area (Å²) in [5.41, 5.74) is 2.63. The summed E-state index contributed by atoms with van der Waals surface area (Å²) < 4.78 is 46.0. The molecular weight excluding hydrogens is 1210 g/mol. The fraction of sp³-hybridized carbons (Fsp3) is 0.297. The number of ether oxygens (including phenoxy) is 3. The molecule has 0 radical (unpaired) electrons. The van der Waals surface area contributed by atoms with E-state index in [1.165, 1.54) is 29.2 Å². The van der Waals surface area contributed by atoms with Crippen molar-refractivity contribution < 1.29 is 37.4 Å². The van der Waals surface area contributed by atoms with Gasteiger partial charge in [0.25, 0.3) is 17.7 Å². The molecular formula is C64H61Cl3F2N14O6. The number of hydrogen-bond donors (Lipinski definition) is 0. The number of nitrogens with zero attached hydrogens (tertiary/aromatic N) is 14. The van der Waals surface area contributed by atoms with Crippen LogP contribution >= 0.6 is 34.8 Å². The number of carbonyl (C=O) groups excluding carboxylic acids is 3. The van der Waals surface area contributed by atoms with Gasteiger partial charge in [-0.2, -0.15) is 10.2 Å². The predicted octanol–water partition coefficient (Wildman–Crippen LogP) is 11.9. The lowest BCUT2D eigenvalue weighted by Crippen LogP contribution is -2.51. The smallest absolute Gasteiger partial charge is 0.258 e. The van der Waals surface area contributed by atoms with Crippen LogP contribution in [-0.4, -0.2) is 143 Å². The third-order valence-corrected chi connectivity index (χ3v) is 16.0.